The summed E-state index contributed by atoms with van der Waals surface area (Å²) in [7, 11) is 0. The second-order valence-corrected chi connectivity index (χ2v) is 7.97. The van der Waals surface area contributed by atoms with Crippen molar-refractivity contribution in [2.24, 2.45) is 0 Å². The predicted molar refractivity (Wildman–Crippen MR) is 92.9 cm³/mol. The van der Waals surface area contributed by atoms with Crippen LogP contribution in [0.5, 0.6) is 0 Å². The van der Waals surface area contributed by atoms with Gasteiger partial charge in [0.25, 0.3) is 0 Å². The average Bonchev–Trinajstić information content (AvgIpc) is 3.34. The van der Waals surface area contributed by atoms with E-state index in [4.69, 9.17) is 4.74 Å². The molecule has 3 aliphatic heterocycles. The Bertz CT molecular complexity index is 547. The van der Waals surface area contributed by atoms with Crippen LogP contribution >= 0.6 is 11.3 Å². The minimum Gasteiger partial charge on any atom is -0.363 e. The molecule has 3 atom stereocenters. The van der Waals surface area contributed by atoms with Gasteiger partial charge in [0.15, 0.2) is 0 Å². The van der Waals surface area contributed by atoms with Gasteiger partial charge in [0, 0.05) is 43.7 Å². The molecule has 0 unspecified atom stereocenters. The molecule has 3 fully saturated rings. The van der Waals surface area contributed by atoms with Gasteiger partial charge >= 0.3 is 0 Å². The van der Waals surface area contributed by atoms with Crippen molar-refractivity contribution >= 4 is 17.2 Å². The summed E-state index contributed by atoms with van der Waals surface area (Å²) >= 11 is 1.70. The fourth-order valence-electron chi connectivity index (χ4n) is 4.16. The summed E-state index contributed by atoms with van der Waals surface area (Å²) in [4.78, 5) is 21.6. The molecule has 0 radical (unpaired) electrons. The molecule has 0 aliphatic carbocycles. The molecule has 0 bridgehead atoms. The van der Waals surface area contributed by atoms with Gasteiger partial charge in [-0.2, -0.15) is 0 Å². The molecule has 3 aliphatic rings. The Morgan fingerprint density at radius 3 is 3.04 bits per heavy atom. The maximum Gasteiger partial charge on any atom is 0.249 e. The third-order valence-electron chi connectivity index (χ3n) is 5.43. The van der Waals surface area contributed by atoms with Crippen molar-refractivity contribution in [3.63, 3.8) is 0 Å². The minimum absolute atomic E-state index is 0.0674. The van der Waals surface area contributed by atoms with E-state index in [1.807, 2.05) is 11.6 Å². The van der Waals surface area contributed by atoms with Gasteiger partial charge in [-0.05, 0) is 32.4 Å². The summed E-state index contributed by atoms with van der Waals surface area (Å²) in [5.74, 6) is 0.0674. The van der Waals surface area contributed by atoms with Crippen LogP contribution in [0.3, 0.4) is 0 Å². The second kappa shape index (κ2) is 7.47. The summed E-state index contributed by atoms with van der Waals surface area (Å²) in [5.41, 5.74) is 0. The Morgan fingerprint density at radius 2 is 2.25 bits per heavy atom. The molecule has 1 aromatic rings. The van der Waals surface area contributed by atoms with Crippen LogP contribution in [0.4, 0.5) is 0 Å². The normalized spacial score (nSPS) is 30.8. The maximum atomic E-state index is 12.4. The minimum atomic E-state index is -0.280. The quantitative estimate of drug-likeness (QED) is 0.832. The lowest BCUT2D eigenvalue weighted by Crippen LogP contribution is -2.40. The number of nitrogens with one attached hydrogen (secondary N) is 1. The molecule has 0 saturated carbocycles. The molecule has 1 amide bonds. The van der Waals surface area contributed by atoms with E-state index in [2.05, 4.69) is 20.1 Å². The first-order valence-electron chi connectivity index (χ1n) is 9.07. The van der Waals surface area contributed by atoms with Gasteiger partial charge in [0.2, 0.25) is 5.91 Å². The van der Waals surface area contributed by atoms with Crippen LogP contribution in [0, 0.1) is 0 Å². The molecule has 24 heavy (non-hydrogen) atoms. The van der Waals surface area contributed by atoms with Crippen LogP contribution in [0.15, 0.2) is 11.6 Å². The summed E-state index contributed by atoms with van der Waals surface area (Å²) < 4.78 is 6.03. The first-order valence-corrected chi connectivity index (χ1v) is 9.95. The molecule has 0 aromatic carbocycles. The predicted octanol–water partition coefficient (Wildman–Crippen LogP) is 1.09. The first-order chi connectivity index (χ1) is 11.8. The molecule has 6 nitrogen and oxygen atoms in total. The number of fused-ring (bicyclic) bond motifs is 1. The maximum absolute atomic E-state index is 12.4. The van der Waals surface area contributed by atoms with E-state index < -0.39 is 0 Å². The highest BCUT2D eigenvalue weighted by Crippen LogP contribution is 2.34. The largest absolute Gasteiger partial charge is 0.363 e. The van der Waals surface area contributed by atoms with E-state index >= 15 is 0 Å². The molecule has 3 saturated heterocycles. The van der Waals surface area contributed by atoms with Gasteiger partial charge in [-0.25, -0.2) is 4.98 Å². The van der Waals surface area contributed by atoms with E-state index in [1.54, 1.807) is 11.3 Å². The van der Waals surface area contributed by atoms with Crippen LogP contribution in [0.25, 0.3) is 0 Å². The zero-order valence-corrected chi connectivity index (χ0v) is 14.8. The number of nitrogens with zero attached hydrogens (tertiary/aromatic N) is 3. The van der Waals surface area contributed by atoms with Crippen molar-refractivity contribution in [2.45, 2.75) is 50.5 Å². The summed E-state index contributed by atoms with van der Waals surface area (Å²) in [5, 5.41) is 6.23. The highest BCUT2D eigenvalue weighted by Gasteiger charge is 2.45. The Morgan fingerprint density at radius 1 is 1.38 bits per heavy atom. The fraction of sp³-hybridized carbons (Fsp3) is 0.765. The van der Waals surface area contributed by atoms with Gasteiger partial charge in [-0.1, -0.05) is 0 Å². The SMILES string of the molecule is O=C(NCCN1CCCC1)[C@@H]1C[C@@H]2[C@@H](CCN2Cc2nccs2)O1. The average molecular weight is 350 g/mol. The molecule has 1 N–H and O–H groups in total. The fourth-order valence-corrected chi connectivity index (χ4v) is 4.80. The van der Waals surface area contributed by atoms with E-state index in [9.17, 15) is 4.79 Å². The monoisotopic (exact) mass is 350 g/mol. The zero-order chi connectivity index (χ0) is 16.4. The molecule has 4 rings (SSSR count). The second-order valence-electron chi connectivity index (χ2n) is 6.99. The number of rotatable bonds is 6. The highest BCUT2D eigenvalue weighted by atomic mass is 32.1. The first kappa shape index (κ1) is 16.4. The lowest BCUT2D eigenvalue weighted by molar-refractivity contribution is -0.132. The molecule has 1 aromatic heterocycles. The van der Waals surface area contributed by atoms with Crippen LogP contribution < -0.4 is 5.32 Å². The number of hydrogen-bond donors (Lipinski definition) is 1. The highest BCUT2D eigenvalue weighted by molar-refractivity contribution is 7.09. The van der Waals surface area contributed by atoms with Crippen LogP contribution in [-0.4, -0.2) is 71.7 Å². The number of carbonyl (C=O) groups excluding carboxylic acids is 1. The van der Waals surface area contributed by atoms with Crippen molar-refractivity contribution in [2.75, 3.05) is 32.7 Å². The third kappa shape index (κ3) is 3.64. The molecule has 4 heterocycles. The van der Waals surface area contributed by atoms with Gasteiger partial charge in [-0.15, -0.1) is 11.3 Å². The van der Waals surface area contributed by atoms with E-state index in [-0.39, 0.29) is 18.1 Å². The molecular formula is C17H26N4O2S. The van der Waals surface area contributed by atoms with E-state index in [1.165, 1.54) is 25.9 Å². The van der Waals surface area contributed by atoms with Crippen molar-refractivity contribution < 1.29 is 9.53 Å². The van der Waals surface area contributed by atoms with Crippen molar-refractivity contribution in [3.8, 4) is 0 Å². The number of thiazole rings is 1. The van der Waals surface area contributed by atoms with Crippen molar-refractivity contribution in [1.82, 2.24) is 20.1 Å². The van der Waals surface area contributed by atoms with Gasteiger partial charge in [-0.3, -0.25) is 9.69 Å². The number of amides is 1. The number of hydrogen-bond acceptors (Lipinski definition) is 6. The smallest absolute Gasteiger partial charge is 0.249 e. The summed E-state index contributed by atoms with van der Waals surface area (Å²) in [6.07, 6.45) is 6.20. The van der Waals surface area contributed by atoms with E-state index in [0.717, 1.165) is 44.0 Å². The van der Waals surface area contributed by atoms with Gasteiger partial charge < -0.3 is 15.0 Å². The summed E-state index contributed by atoms with van der Waals surface area (Å²) in [6, 6.07) is 0.364. The van der Waals surface area contributed by atoms with Crippen molar-refractivity contribution in [3.05, 3.63) is 16.6 Å². The molecule has 7 heteroatoms. The van der Waals surface area contributed by atoms with Gasteiger partial charge in [0.05, 0.1) is 12.6 Å². The number of aromatic nitrogens is 1. The topological polar surface area (TPSA) is 57.7 Å². The molecular weight excluding hydrogens is 324 g/mol. The number of carbonyl (C=O) groups is 1. The lowest BCUT2D eigenvalue weighted by atomic mass is 10.1. The Hall–Kier alpha value is -1.02. The molecule has 132 valence electrons. The lowest BCUT2D eigenvalue weighted by Gasteiger charge is -2.21. The summed E-state index contributed by atoms with van der Waals surface area (Å²) in [6.45, 7) is 5.96. The zero-order valence-electron chi connectivity index (χ0n) is 14.0. The van der Waals surface area contributed by atoms with Crippen molar-refractivity contribution in [1.29, 1.82) is 0 Å². The number of ether oxygens (including phenoxy) is 1. The number of likely N-dealkylation sites (tertiary alicyclic amines) is 2. The van der Waals surface area contributed by atoms with Crippen LogP contribution in [0.1, 0.15) is 30.7 Å². The van der Waals surface area contributed by atoms with Crippen LogP contribution in [-0.2, 0) is 16.1 Å². The Kier molecular flexibility index (Phi) is 5.12. The Labute approximate surface area is 147 Å². The standard InChI is InChI=1S/C17H26N4O2S/c22-17(19-4-9-20-6-1-2-7-20)15-11-13-14(23-15)3-8-21(13)12-16-18-5-10-24-16/h5,10,13-15H,1-4,6-9,11-12H2,(H,19,22)/t13-,14-,15+/m1/s1. The third-order valence-corrected chi connectivity index (χ3v) is 6.20. The van der Waals surface area contributed by atoms with Gasteiger partial charge in [0.1, 0.15) is 11.1 Å². The van der Waals surface area contributed by atoms with Crippen LogP contribution in [0.2, 0.25) is 0 Å². The Balaban J connectivity index is 1.24. The molecule has 0 spiro atoms. The van der Waals surface area contributed by atoms with E-state index in [0.29, 0.717) is 6.04 Å².